The Kier molecular flexibility index (Phi) is 7.83. The van der Waals surface area contributed by atoms with Gasteiger partial charge in [-0.1, -0.05) is 146 Å². The Morgan fingerprint density at radius 2 is 0.894 bits per heavy atom. The van der Waals surface area contributed by atoms with E-state index in [1.165, 1.54) is 22.3 Å². The molecule has 0 atom stereocenters. The maximum Gasteiger partial charge on any atom is 0.159 e. The number of para-hydroxylation sites is 5. The van der Waals surface area contributed by atoms with E-state index in [1.54, 1.807) is 0 Å². The average molecular weight is 847 g/mol. The second-order valence-corrected chi connectivity index (χ2v) is 17.2. The van der Waals surface area contributed by atoms with Gasteiger partial charge in [0.05, 0.1) is 22.2 Å². The molecule has 10 aromatic carbocycles. The minimum absolute atomic E-state index is 0.665. The molecule has 2 aromatic heterocycles. The lowest BCUT2D eigenvalue weighted by atomic mass is 9.66. The minimum atomic E-state index is -0.665. The van der Waals surface area contributed by atoms with Gasteiger partial charge in [0.2, 0.25) is 0 Å². The van der Waals surface area contributed by atoms with Crippen molar-refractivity contribution in [3.63, 3.8) is 0 Å². The zero-order chi connectivity index (χ0) is 43.3. The average Bonchev–Trinajstić information content (AvgIpc) is 4.04. The van der Waals surface area contributed by atoms with Crippen LogP contribution < -0.4 is 14.5 Å². The molecule has 3 heterocycles. The molecule has 14 rings (SSSR count). The highest BCUT2D eigenvalue weighted by Crippen LogP contribution is 2.63. The summed E-state index contributed by atoms with van der Waals surface area (Å²) in [6.45, 7) is 0. The molecular weight excluding hydrogens is 809 g/mol. The molecule has 1 aliphatic carbocycles. The number of anilines is 6. The van der Waals surface area contributed by atoms with Crippen LogP contribution in [-0.2, 0) is 5.41 Å². The molecule has 0 fully saturated rings. The van der Waals surface area contributed by atoms with Gasteiger partial charge in [-0.3, -0.25) is 0 Å². The first-order valence-corrected chi connectivity index (χ1v) is 22.4. The first kappa shape index (κ1) is 36.7. The quantitative estimate of drug-likeness (QED) is 0.167. The molecule has 0 saturated heterocycles. The Morgan fingerprint density at radius 3 is 1.62 bits per heavy atom. The van der Waals surface area contributed by atoms with Gasteiger partial charge in [-0.05, 0) is 107 Å². The van der Waals surface area contributed by atoms with Crippen LogP contribution in [0, 0.1) is 0 Å². The molecule has 310 valence electrons. The number of rotatable bonds is 6. The van der Waals surface area contributed by atoms with Gasteiger partial charge in [0.1, 0.15) is 28.2 Å². The summed E-state index contributed by atoms with van der Waals surface area (Å²) in [6, 6.07) is 81.8. The van der Waals surface area contributed by atoms with Crippen molar-refractivity contribution in [2.75, 3.05) is 9.80 Å². The molecule has 1 aliphatic heterocycles. The Morgan fingerprint density at radius 1 is 0.318 bits per heavy atom. The third kappa shape index (κ3) is 5.16. The van der Waals surface area contributed by atoms with Gasteiger partial charge < -0.3 is 23.4 Å². The smallest absolute Gasteiger partial charge is 0.159 e. The van der Waals surface area contributed by atoms with E-state index in [4.69, 9.17) is 13.6 Å². The van der Waals surface area contributed by atoms with Crippen molar-refractivity contribution in [3.8, 4) is 22.6 Å². The van der Waals surface area contributed by atoms with Gasteiger partial charge in [0, 0.05) is 50.0 Å². The molecule has 0 N–H and O–H groups in total. The summed E-state index contributed by atoms with van der Waals surface area (Å²) in [5.74, 6) is 1.67. The molecule has 0 unspecified atom stereocenters. The molecule has 1 spiro atoms. The number of ether oxygens (including phenoxy) is 1. The van der Waals surface area contributed by atoms with Crippen LogP contribution >= 0.6 is 0 Å². The largest absolute Gasteiger partial charge is 0.457 e. The first-order chi connectivity index (χ1) is 32.7. The fraction of sp³-hybridized carbons (Fsp3) is 0.0164. The number of hydrogen-bond acceptors (Lipinski definition) is 5. The molecule has 0 saturated carbocycles. The van der Waals surface area contributed by atoms with Crippen molar-refractivity contribution in [3.05, 3.63) is 253 Å². The van der Waals surface area contributed by atoms with Crippen molar-refractivity contribution < 1.29 is 13.6 Å². The summed E-state index contributed by atoms with van der Waals surface area (Å²) in [4.78, 5) is 4.71. The normalized spacial score (nSPS) is 13.1. The van der Waals surface area contributed by atoms with Crippen molar-refractivity contribution >= 4 is 78.0 Å². The summed E-state index contributed by atoms with van der Waals surface area (Å²) < 4.78 is 20.7. The second-order valence-electron chi connectivity index (χ2n) is 17.2. The Hall–Kier alpha value is -8.80. The third-order valence-corrected chi connectivity index (χ3v) is 13.7. The van der Waals surface area contributed by atoms with Crippen LogP contribution in [0.4, 0.5) is 34.1 Å². The van der Waals surface area contributed by atoms with E-state index in [9.17, 15) is 0 Å². The van der Waals surface area contributed by atoms with Crippen LogP contribution in [0.15, 0.2) is 239 Å². The lowest BCUT2D eigenvalue weighted by Gasteiger charge is -2.40. The van der Waals surface area contributed by atoms with Crippen LogP contribution in [0.25, 0.3) is 55.0 Å². The summed E-state index contributed by atoms with van der Waals surface area (Å²) >= 11 is 0. The Labute approximate surface area is 380 Å². The summed E-state index contributed by atoms with van der Waals surface area (Å²) in [6.07, 6.45) is 0. The van der Waals surface area contributed by atoms with Crippen molar-refractivity contribution in [2.45, 2.75) is 5.41 Å². The predicted octanol–water partition coefficient (Wildman–Crippen LogP) is 16.9. The number of furan rings is 2. The molecule has 2 aliphatic rings. The van der Waals surface area contributed by atoms with E-state index in [0.29, 0.717) is 0 Å². The standard InChI is InChI=1S/C61H38N2O3/c1-3-18-39(19-4-1)62(40-20-5-2-6-21-40)42-36-47-45-24-9-14-30-54(45)66-60(47)53(38-42)63(52-29-17-33-58-59(52)46-25-10-15-31-55(46)64-58)41-34-35-57-51(37-41)61(50-28-13-16-32-56(50)65-57)48-26-11-7-22-43(48)44-23-8-12-27-49(44)61/h1-38H. The fourth-order valence-corrected chi connectivity index (χ4v) is 11.0. The highest BCUT2D eigenvalue weighted by molar-refractivity contribution is 6.17. The number of nitrogens with zero attached hydrogens (tertiary/aromatic N) is 2. The Balaban J connectivity index is 1.12. The van der Waals surface area contributed by atoms with Crippen molar-refractivity contribution in [1.82, 2.24) is 0 Å². The lowest BCUT2D eigenvalue weighted by Crippen LogP contribution is -2.32. The SMILES string of the molecule is c1ccc(N(c2ccccc2)c2cc(N(c3ccc4c(c3)C3(c5ccccc5O4)c4ccccc4-c4ccccc43)c3cccc4oc5ccccc5c34)c3oc4ccccc4c3c2)cc1. The van der Waals surface area contributed by atoms with Gasteiger partial charge in [-0.25, -0.2) is 0 Å². The van der Waals surface area contributed by atoms with Crippen LogP contribution in [0.5, 0.6) is 11.5 Å². The van der Waals surface area contributed by atoms with Gasteiger partial charge in [0.25, 0.3) is 0 Å². The third-order valence-electron chi connectivity index (χ3n) is 13.7. The van der Waals surface area contributed by atoms with E-state index in [2.05, 4.69) is 222 Å². The molecule has 0 bridgehead atoms. The zero-order valence-electron chi connectivity index (χ0n) is 35.6. The van der Waals surface area contributed by atoms with Crippen LogP contribution in [0.1, 0.15) is 22.3 Å². The molecule has 12 aromatic rings. The van der Waals surface area contributed by atoms with E-state index in [1.807, 2.05) is 18.2 Å². The van der Waals surface area contributed by atoms with E-state index >= 15 is 0 Å². The minimum Gasteiger partial charge on any atom is -0.457 e. The maximum absolute atomic E-state index is 7.07. The molecule has 0 radical (unpaired) electrons. The highest BCUT2D eigenvalue weighted by Gasteiger charge is 2.51. The van der Waals surface area contributed by atoms with Gasteiger partial charge in [-0.2, -0.15) is 0 Å². The molecule has 66 heavy (non-hydrogen) atoms. The topological polar surface area (TPSA) is 42.0 Å². The second kappa shape index (κ2) is 14.1. The van der Waals surface area contributed by atoms with Gasteiger partial charge >= 0.3 is 0 Å². The molecule has 5 heteroatoms. The predicted molar refractivity (Wildman–Crippen MR) is 268 cm³/mol. The fourth-order valence-electron chi connectivity index (χ4n) is 11.0. The van der Waals surface area contributed by atoms with Crippen LogP contribution in [-0.4, -0.2) is 0 Å². The summed E-state index contributed by atoms with van der Waals surface area (Å²) in [5.41, 5.74) is 15.5. The molecule has 5 nitrogen and oxygen atoms in total. The molecule has 0 amide bonds. The number of fused-ring (bicyclic) bond motifs is 15. The number of hydrogen-bond donors (Lipinski definition) is 0. The first-order valence-electron chi connectivity index (χ1n) is 22.4. The van der Waals surface area contributed by atoms with Gasteiger partial charge in [0.15, 0.2) is 5.58 Å². The summed E-state index contributed by atoms with van der Waals surface area (Å²) in [5, 5.41) is 4.09. The highest BCUT2D eigenvalue weighted by atomic mass is 16.5. The Bertz CT molecular complexity index is 3800. The van der Waals surface area contributed by atoms with E-state index in [-0.39, 0.29) is 0 Å². The zero-order valence-corrected chi connectivity index (χ0v) is 35.6. The maximum atomic E-state index is 7.07. The van der Waals surface area contributed by atoms with Crippen molar-refractivity contribution in [2.24, 2.45) is 0 Å². The lowest BCUT2D eigenvalue weighted by molar-refractivity contribution is 0.436. The molecular formula is C61H38N2O3. The van der Waals surface area contributed by atoms with Crippen molar-refractivity contribution in [1.29, 1.82) is 0 Å². The monoisotopic (exact) mass is 846 g/mol. The van der Waals surface area contributed by atoms with Crippen LogP contribution in [0.3, 0.4) is 0 Å². The summed E-state index contributed by atoms with van der Waals surface area (Å²) in [7, 11) is 0. The number of benzene rings is 10. The van der Waals surface area contributed by atoms with Crippen LogP contribution in [0.2, 0.25) is 0 Å². The van der Waals surface area contributed by atoms with E-state index < -0.39 is 5.41 Å². The van der Waals surface area contributed by atoms with E-state index in [0.717, 1.165) is 101 Å². The van der Waals surface area contributed by atoms with Gasteiger partial charge in [-0.15, -0.1) is 0 Å².